The van der Waals surface area contributed by atoms with Gasteiger partial charge in [-0.2, -0.15) is 0 Å². The Hall–Kier alpha value is -0.300. The van der Waals surface area contributed by atoms with Gasteiger partial charge in [0.05, 0.1) is 6.61 Å². The van der Waals surface area contributed by atoms with Crippen LogP contribution in [0.25, 0.3) is 0 Å². The minimum atomic E-state index is 0.129. The van der Waals surface area contributed by atoms with E-state index in [-0.39, 0.29) is 5.41 Å². The zero-order valence-electron chi connectivity index (χ0n) is 5.44. The molecule has 0 aromatic carbocycles. The molecule has 1 atom stereocenters. The zero-order valence-corrected chi connectivity index (χ0v) is 5.44. The maximum Gasteiger partial charge on any atom is 0.0522 e. The Kier molecular flexibility index (Phi) is 1.16. The molecule has 0 heterocycles. The number of aliphatic hydroxyl groups excluding tert-OH is 1. The second kappa shape index (κ2) is 1.59. The summed E-state index contributed by atoms with van der Waals surface area (Å²) in [6.45, 7) is 4.46. The summed E-state index contributed by atoms with van der Waals surface area (Å²) in [6.07, 6.45) is 3.20. The molecule has 0 fully saturated rings. The lowest BCUT2D eigenvalue weighted by molar-refractivity contribution is 0.167. The van der Waals surface area contributed by atoms with Crippen molar-refractivity contribution in [3.05, 3.63) is 11.6 Å². The van der Waals surface area contributed by atoms with Gasteiger partial charge in [0.1, 0.15) is 0 Å². The molecule has 1 heteroatoms. The summed E-state index contributed by atoms with van der Waals surface area (Å²) in [4.78, 5) is 0. The first kappa shape index (κ1) is 5.83. The Morgan fingerprint density at radius 1 is 1.88 bits per heavy atom. The molecule has 1 nitrogen and oxygen atoms in total. The summed E-state index contributed by atoms with van der Waals surface area (Å²) in [6, 6.07) is 0. The van der Waals surface area contributed by atoms with Crippen LogP contribution >= 0.6 is 0 Å². The quantitative estimate of drug-likeness (QED) is 0.507. The predicted octanol–water partition coefficient (Wildman–Crippen LogP) is 1.33. The van der Waals surface area contributed by atoms with Crippen molar-refractivity contribution in [1.29, 1.82) is 0 Å². The smallest absolute Gasteiger partial charge is 0.0522 e. The average Bonchev–Trinajstić information content (AvgIpc) is 1.63. The molecule has 0 aromatic heterocycles. The Morgan fingerprint density at radius 3 is 2.50 bits per heavy atom. The minimum absolute atomic E-state index is 0.129. The Bertz CT molecular complexity index is 126. The largest absolute Gasteiger partial charge is 0.395 e. The topological polar surface area (TPSA) is 20.2 Å². The van der Waals surface area contributed by atoms with Crippen LogP contribution in [0.1, 0.15) is 20.3 Å². The van der Waals surface area contributed by atoms with Crippen molar-refractivity contribution in [1.82, 2.24) is 0 Å². The lowest BCUT2D eigenvalue weighted by Gasteiger charge is -2.33. The predicted molar refractivity (Wildman–Crippen MR) is 33.6 cm³/mol. The highest BCUT2D eigenvalue weighted by Crippen LogP contribution is 2.37. The van der Waals surface area contributed by atoms with Crippen molar-refractivity contribution >= 4 is 0 Å². The van der Waals surface area contributed by atoms with E-state index in [0.29, 0.717) is 6.61 Å². The highest BCUT2D eigenvalue weighted by molar-refractivity contribution is 5.20. The van der Waals surface area contributed by atoms with Gasteiger partial charge in [-0.05, 0) is 13.3 Å². The van der Waals surface area contributed by atoms with Crippen LogP contribution in [0.15, 0.2) is 11.6 Å². The Balaban J connectivity index is 2.54. The first-order valence-corrected chi connectivity index (χ1v) is 2.95. The van der Waals surface area contributed by atoms with Crippen molar-refractivity contribution < 1.29 is 5.11 Å². The first-order chi connectivity index (χ1) is 3.66. The van der Waals surface area contributed by atoms with E-state index in [9.17, 15) is 0 Å². The second-order valence-electron chi connectivity index (χ2n) is 2.98. The molecule has 1 aliphatic carbocycles. The molecule has 46 valence electrons. The molecule has 0 spiro atoms. The Morgan fingerprint density at radius 2 is 2.38 bits per heavy atom. The maximum atomic E-state index is 8.72. The van der Waals surface area contributed by atoms with Gasteiger partial charge in [-0.15, -0.1) is 0 Å². The van der Waals surface area contributed by atoms with Gasteiger partial charge in [0.15, 0.2) is 0 Å². The fourth-order valence-corrected chi connectivity index (χ4v) is 1.30. The lowest BCUT2D eigenvalue weighted by atomic mass is 9.74. The molecular weight excluding hydrogens is 100 g/mol. The summed E-state index contributed by atoms with van der Waals surface area (Å²) in [5.74, 6) is 0. The molecule has 1 N–H and O–H groups in total. The van der Waals surface area contributed by atoms with Crippen LogP contribution in [0.5, 0.6) is 0 Å². The summed E-state index contributed by atoms with van der Waals surface area (Å²) < 4.78 is 0. The monoisotopic (exact) mass is 112 g/mol. The zero-order chi connectivity index (χ0) is 6.20. The van der Waals surface area contributed by atoms with E-state index in [1.807, 2.05) is 0 Å². The molecule has 0 aliphatic heterocycles. The third-order valence-electron chi connectivity index (χ3n) is 1.64. The third-order valence-corrected chi connectivity index (χ3v) is 1.64. The van der Waals surface area contributed by atoms with E-state index in [1.54, 1.807) is 0 Å². The van der Waals surface area contributed by atoms with Crippen molar-refractivity contribution in [2.24, 2.45) is 5.41 Å². The fourth-order valence-electron chi connectivity index (χ4n) is 1.30. The van der Waals surface area contributed by atoms with Crippen molar-refractivity contribution in [3.63, 3.8) is 0 Å². The van der Waals surface area contributed by atoms with Gasteiger partial charge < -0.3 is 5.11 Å². The molecule has 0 aromatic rings. The van der Waals surface area contributed by atoms with Crippen LogP contribution in [0.4, 0.5) is 0 Å². The molecule has 0 saturated carbocycles. The lowest BCUT2D eigenvalue weighted by Crippen LogP contribution is -2.26. The highest BCUT2D eigenvalue weighted by Gasteiger charge is 2.28. The van der Waals surface area contributed by atoms with Gasteiger partial charge in [-0.1, -0.05) is 18.6 Å². The summed E-state index contributed by atoms with van der Waals surface area (Å²) in [5.41, 5.74) is 1.53. The highest BCUT2D eigenvalue weighted by atomic mass is 16.3. The van der Waals surface area contributed by atoms with E-state index in [0.717, 1.165) is 6.42 Å². The molecule has 0 bridgehead atoms. The van der Waals surface area contributed by atoms with Gasteiger partial charge >= 0.3 is 0 Å². The fraction of sp³-hybridized carbons (Fsp3) is 0.714. The number of hydrogen-bond acceptors (Lipinski definition) is 1. The molecular formula is C7H12O. The molecule has 0 amide bonds. The van der Waals surface area contributed by atoms with E-state index in [1.165, 1.54) is 5.57 Å². The molecule has 8 heavy (non-hydrogen) atoms. The summed E-state index contributed by atoms with van der Waals surface area (Å²) in [5, 5.41) is 8.72. The summed E-state index contributed by atoms with van der Waals surface area (Å²) >= 11 is 0. The van der Waals surface area contributed by atoms with Gasteiger partial charge in [0.2, 0.25) is 0 Å². The minimum Gasteiger partial charge on any atom is -0.395 e. The molecule has 0 saturated heterocycles. The standard InChI is InChI=1S/C7H12O/c1-6-3-7(2,4-6)5-8/h3,8H,4-5H2,1-2H3. The average molecular weight is 112 g/mol. The van der Waals surface area contributed by atoms with Crippen LogP contribution in [0, 0.1) is 5.41 Å². The number of hydrogen-bond donors (Lipinski definition) is 1. The van der Waals surface area contributed by atoms with Crippen molar-refractivity contribution in [3.8, 4) is 0 Å². The van der Waals surface area contributed by atoms with Crippen LogP contribution in [0.3, 0.4) is 0 Å². The third kappa shape index (κ3) is 0.781. The SMILES string of the molecule is CC1=CC(C)(CO)C1. The van der Waals surface area contributed by atoms with Gasteiger partial charge in [0, 0.05) is 5.41 Å². The molecule has 0 radical (unpaired) electrons. The van der Waals surface area contributed by atoms with Gasteiger partial charge in [0.25, 0.3) is 0 Å². The van der Waals surface area contributed by atoms with Crippen LogP contribution in [0.2, 0.25) is 0 Å². The van der Waals surface area contributed by atoms with Crippen molar-refractivity contribution in [2.75, 3.05) is 6.61 Å². The summed E-state index contributed by atoms with van der Waals surface area (Å²) in [7, 11) is 0. The normalized spacial score (nSPS) is 36.1. The van der Waals surface area contributed by atoms with E-state index in [4.69, 9.17) is 5.11 Å². The van der Waals surface area contributed by atoms with Crippen LogP contribution in [-0.2, 0) is 0 Å². The second-order valence-corrected chi connectivity index (χ2v) is 2.98. The molecule has 1 rings (SSSR count). The van der Waals surface area contributed by atoms with Gasteiger partial charge in [-0.3, -0.25) is 0 Å². The first-order valence-electron chi connectivity index (χ1n) is 2.95. The number of aliphatic hydroxyl groups is 1. The van der Waals surface area contributed by atoms with Crippen molar-refractivity contribution in [2.45, 2.75) is 20.3 Å². The van der Waals surface area contributed by atoms with E-state index in [2.05, 4.69) is 19.9 Å². The Labute approximate surface area is 50.0 Å². The number of rotatable bonds is 1. The van der Waals surface area contributed by atoms with Crippen LogP contribution in [-0.4, -0.2) is 11.7 Å². The molecule has 1 unspecified atom stereocenters. The molecule has 1 aliphatic rings. The number of allylic oxidation sites excluding steroid dienone is 1. The van der Waals surface area contributed by atoms with Gasteiger partial charge in [-0.25, -0.2) is 0 Å². The van der Waals surface area contributed by atoms with Crippen LogP contribution < -0.4 is 0 Å². The van der Waals surface area contributed by atoms with E-state index < -0.39 is 0 Å². The van der Waals surface area contributed by atoms with E-state index >= 15 is 0 Å². The maximum absolute atomic E-state index is 8.72.